The normalized spacial score (nSPS) is 11.1. The summed E-state index contributed by atoms with van der Waals surface area (Å²) in [5, 5.41) is 0.340. The van der Waals surface area contributed by atoms with Crippen LogP contribution in [0.5, 0.6) is 0 Å². The van der Waals surface area contributed by atoms with E-state index in [4.69, 9.17) is 16.3 Å². The number of carbonyl (C=O) groups excluding carboxylic acids is 1. The van der Waals surface area contributed by atoms with Crippen molar-refractivity contribution >= 4 is 27.4 Å². The summed E-state index contributed by atoms with van der Waals surface area (Å²) >= 11 is 5.66. The topological polar surface area (TPSA) is 73.3 Å². The molecule has 0 N–H and O–H groups in total. The van der Waals surface area contributed by atoms with Gasteiger partial charge in [0.15, 0.2) is 9.84 Å². The third-order valence-corrected chi connectivity index (χ3v) is 4.04. The zero-order valence-electron chi connectivity index (χ0n) is 11.1. The van der Waals surface area contributed by atoms with Gasteiger partial charge in [0, 0.05) is 18.0 Å². The van der Waals surface area contributed by atoms with Gasteiger partial charge in [0.05, 0.1) is 10.5 Å². The maximum absolute atomic E-state index is 12.0. The van der Waals surface area contributed by atoms with Gasteiger partial charge in [0.25, 0.3) is 0 Å². The van der Waals surface area contributed by atoms with E-state index in [0.717, 1.165) is 6.26 Å². The van der Waals surface area contributed by atoms with Gasteiger partial charge in [0.1, 0.15) is 11.8 Å². The van der Waals surface area contributed by atoms with E-state index in [1.807, 2.05) is 0 Å². The second-order valence-electron chi connectivity index (χ2n) is 4.33. The Morgan fingerprint density at radius 3 is 2.57 bits per heavy atom. The van der Waals surface area contributed by atoms with Crippen molar-refractivity contribution in [2.24, 2.45) is 0 Å². The molecule has 0 atom stereocenters. The minimum Gasteiger partial charge on any atom is -0.457 e. The smallest absolute Gasteiger partial charge is 0.339 e. The average Bonchev–Trinajstić information content (AvgIpc) is 2.45. The highest BCUT2D eigenvalue weighted by atomic mass is 35.5. The molecule has 1 aromatic carbocycles. The summed E-state index contributed by atoms with van der Waals surface area (Å²) in [7, 11) is -3.50. The third-order valence-electron chi connectivity index (χ3n) is 2.67. The quantitative estimate of drug-likeness (QED) is 0.638. The van der Waals surface area contributed by atoms with Crippen LogP contribution >= 0.6 is 11.6 Å². The highest BCUT2D eigenvalue weighted by molar-refractivity contribution is 7.90. The molecule has 2 rings (SSSR count). The molecule has 7 heteroatoms. The molecular weight excluding hydrogens is 314 g/mol. The highest BCUT2D eigenvalue weighted by Gasteiger charge is 2.19. The van der Waals surface area contributed by atoms with Crippen LogP contribution in [0.3, 0.4) is 0 Å². The molecule has 1 heterocycles. The summed E-state index contributed by atoms with van der Waals surface area (Å²) < 4.78 is 28.4. The second kappa shape index (κ2) is 6.24. The van der Waals surface area contributed by atoms with Gasteiger partial charge in [0.2, 0.25) is 0 Å². The monoisotopic (exact) mass is 325 g/mol. The molecule has 0 spiro atoms. The van der Waals surface area contributed by atoms with Crippen LogP contribution in [0.15, 0.2) is 47.5 Å². The number of aromatic nitrogens is 1. The Labute approximate surface area is 127 Å². The molecule has 0 unspecified atom stereocenters. The van der Waals surface area contributed by atoms with Gasteiger partial charge in [-0.15, -0.1) is 0 Å². The molecule has 0 aliphatic heterocycles. The van der Waals surface area contributed by atoms with Crippen molar-refractivity contribution in [1.29, 1.82) is 0 Å². The lowest BCUT2D eigenvalue weighted by Gasteiger charge is -2.08. The summed E-state index contributed by atoms with van der Waals surface area (Å²) in [6, 6.07) is 9.17. The van der Waals surface area contributed by atoms with Crippen molar-refractivity contribution in [3.05, 3.63) is 58.9 Å². The number of rotatable bonds is 4. The van der Waals surface area contributed by atoms with E-state index >= 15 is 0 Å². The van der Waals surface area contributed by atoms with Gasteiger partial charge in [-0.2, -0.15) is 0 Å². The van der Waals surface area contributed by atoms with Gasteiger partial charge in [-0.1, -0.05) is 29.8 Å². The number of pyridine rings is 1. The lowest BCUT2D eigenvalue weighted by atomic mass is 10.2. The Balaban J connectivity index is 2.16. The molecular formula is C14H12ClNO4S. The van der Waals surface area contributed by atoms with Crippen molar-refractivity contribution in [2.45, 2.75) is 11.5 Å². The van der Waals surface area contributed by atoms with Crippen LogP contribution in [0.2, 0.25) is 5.15 Å². The number of ether oxygens (including phenoxy) is 1. The van der Waals surface area contributed by atoms with Crippen LogP contribution in [-0.4, -0.2) is 25.6 Å². The standard InChI is InChI=1S/C14H12ClNO4S/c1-21(18,19)12-5-3-2-4-11(12)14(17)20-9-10-6-7-13(15)16-8-10/h2-8H,9H2,1H3. The first kappa shape index (κ1) is 15.5. The maximum atomic E-state index is 12.0. The zero-order chi connectivity index (χ0) is 15.5. The number of sulfone groups is 1. The van der Waals surface area contributed by atoms with Crippen LogP contribution < -0.4 is 0 Å². The Bertz CT molecular complexity index is 757. The summed E-state index contributed by atoms with van der Waals surface area (Å²) in [4.78, 5) is 15.8. The first-order valence-electron chi connectivity index (χ1n) is 5.94. The van der Waals surface area contributed by atoms with Gasteiger partial charge in [-0.3, -0.25) is 0 Å². The van der Waals surface area contributed by atoms with E-state index < -0.39 is 15.8 Å². The van der Waals surface area contributed by atoms with Crippen LogP contribution in [0.25, 0.3) is 0 Å². The lowest BCUT2D eigenvalue weighted by Crippen LogP contribution is -2.11. The van der Waals surface area contributed by atoms with E-state index in [0.29, 0.717) is 10.7 Å². The van der Waals surface area contributed by atoms with E-state index in [2.05, 4.69) is 4.98 Å². The lowest BCUT2D eigenvalue weighted by molar-refractivity contribution is 0.0468. The molecule has 110 valence electrons. The number of halogens is 1. The van der Waals surface area contributed by atoms with Crippen molar-refractivity contribution in [2.75, 3.05) is 6.26 Å². The maximum Gasteiger partial charge on any atom is 0.339 e. The molecule has 0 bridgehead atoms. The largest absolute Gasteiger partial charge is 0.457 e. The highest BCUT2D eigenvalue weighted by Crippen LogP contribution is 2.17. The fraction of sp³-hybridized carbons (Fsp3) is 0.143. The zero-order valence-corrected chi connectivity index (χ0v) is 12.7. The number of esters is 1. The number of hydrogen-bond donors (Lipinski definition) is 0. The van der Waals surface area contributed by atoms with Crippen molar-refractivity contribution < 1.29 is 17.9 Å². The molecule has 0 fully saturated rings. The average molecular weight is 326 g/mol. The van der Waals surface area contributed by atoms with Crippen molar-refractivity contribution in [3.63, 3.8) is 0 Å². The number of carbonyl (C=O) groups is 1. The Morgan fingerprint density at radius 1 is 1.24 bits per heavy atom. The molecule has 0 saturated carbocycles. The molecule has 0 amide bonds. The number of nitrogens with zero attached hydrogens (tertiary/aromatic N) is 1. The van der Waals surface area contributed by atoms with E-state index in [1.165, 1.54) is 18.3 Å². The molecule has 0 aliphatic rings. The molecule has 2 aromatic rings. The Hall–Kier alpha value is -1.92. The Kier molecular flexibility index (Phi) is 4.59. The van der Waals surface area contributed by atoms with E-state index in [1.54, 1.807) is 24.3 Å². The minimum absolute atomic E-state index is 0.0128. The van der Waals surface area contributed by atoms with Gasteiger partial charge in [-0.25, -0.2) is 18.2 Å². The molecule has 0 saturated heterocycles. The molecule has 1 aromatic heterocycles. The molecule has 21 heavy (non-hydrogen) atoms. The summed E-state index contributed by atoms with van der Waals surface area (Å²) in [5.74, 6) is -0.703. The number of hydrogen-bond acceptors (Lipinski definition) is 5. The van der Waals surface area contributed by atoms with Gasteiger partial charge < -0.3 is 4.74 Å². The molecule has 0 aliphatic carbocycles. The third kappa shape index (κ3) is 4.03. The Morgan fingerprint density at radius 2 is 1.95 bits per heavy atom. The van der Waals surface area contributed by atoms with Crippen LogP contribution in [0, 0.1) is 0 Å². The first-order valence-corrected chi connectivity index (χ1v) is 8.21. The summed E-state index contributed by atoms with van der Waals surface area (Å²) in [6.45, 7) is -0.0128. The minimum atomic E-state index is -3.50. The summed E-state index contributed by atoms with van der Waals surface area (Å²) in [6.07, 6.45) is 2.53. The second-order valence-corrected chi connectivity index (χ2v) is 6.71. The predicted octanol–water partition coefficient (Wildman–Crippen LogP) is 2.50. The predicted molar refractivity (Wildman–Crippen MR) is 77.9 cm³/mol. The molecule has 0 radical (unpaired) electrons. The van der Waals surface area contributed by atoms with Crippen molar-refractivity contribution in [1.82, 2.24) is 4.98 Å². The van der Waals surface area contributed by atoms with E-state index in [-0.39, 0.29) is 17.1 Å². The van der Waals surface area contributed by atoms with Gasteiger partial charge in [-0.05, 0) is 18.2 Å². The number of benzene rings is 1. The first-order chi connectivity index (χ1) is 9.88. The molecule has 5 nitrogen and oxygen atoms in total. The summed E-state index contributed by atoms with van der Waals surface area (Å²) in [5.41, 5.74) is 0.673. The van der Waals surface area contributed by atoms with Crippen molar-refractivity contribution in [3.8, 4) is 0 Å². The van der Waals surface area contributed by atoms with E-state index in [9.17, 15) is 13.2 Å². The van der Waals surface area contributed by atoms with Crippen LogP contribution in [0.1, 0.15) is 15.9 Å². The van der Waals surface area contributed by atoms with Crippen LogP contribution in [-0.2, 0) is 21.2 Å². The SMILES string of the molecule is CS(=O)(=O)c1ccccc1C(=O)OCc1ccc(Cl)nc1. The fourth-order valence-electron chi connectivity index (χ4n) is 1.68. The fourth-order valence-corrected chi connectivity index (χ4v) is 2.67. The van der Waals surface area contributed by atoms with Gasteiger partial charge >= 0.3 is 5.97 Å². The van der Waals surface area contributed by atoms with Crippen LogP contribution in [0.4, 0.5) is 0 Å².